The number of fused-ring (bicyclic) bond motifs is 1. The molecule has 4 rings (SSSR count). The number of nitrogens with zero attached hydrogens (tertiary/aromatic N) is 2. The van der Waals surface area contributed by atoms with Crippen LogP contribution in [0.4, 0.5) is 5.69 Å². The molecule has 4 nitrogen and oxygen atoms in total. The van der Waals surface area contributed by atoms with Crippen LogP contribution in [0.15, 0.2) is 36.4 Å². The Morgan fingerprint density at radius 3 is 2.74 bits per heavy atom. The molecule has 2 aromatic carbocycles. The normalized spacial score (nSPS) is 14.6. The highest BCUT2D eigenvalue weighted by Crippen LogP contribution is 2.33. The number of nitrogens with one attached hydrogen (secondary N) is 1. The first-order chi connectivity index (χ1) is 11.2. The number of rotatable bonds is 3. The summed E-state index contributed by atoms with van der Waals surface area (Å²) in [5.74, 6) is 1.60. The maximum atomic E-state index is 6.42. The van der Waals surface area contributed by atoms with Crippen molar-refractivity contribution in [2.24, 2.45) is 0 Å². The highest BCUT2D eigenvalue weighted by atomic mass is 35.5. The SMILES string of the molecule is COc1ccc2nc(-c3cc(N4CCCC4)ccc3Cl)[nH]c2c1. The van der Waals surface area contributed by atoms with Crippen molar-refractivity contribution in [3.8, 4) is 17.1 Å². The Hall–Kier alpha value is -2.20. The molecule has 5 heteroatoms. The van der Waals surface area contributed by atoms with E-state index in [1.165, 1.54) is 18.5 Å². The van der Waals surface area contributed by atoms with Crippen LogP contribution in [0, 0.1) is 0 Å². The molecule has 0 radical (unpaired) electrons. The highest BCUT2D eigenvalue weighted by molar-refractivity contribution is 6.33. The summed E-state index contributed by atoms with van der Waals surface area (Å²) in [6.07, 6.45) is 2.50. The van der Waals surface area contributed by atoms with Gasteiger partial charge in [-0.1, -0.05) is 11.6 Å². The fraction of sp³-hybridized carbons (Fsp3) is 0.278. The molecule has 0 aliphatic carbocycles. The van der Waals surface area contributed by atoms with Crippen molar-refractivity contribution >= 4 is 28.3 Å². The van der Waals surface area contributed by atoms with E-state index in [2.05, 4.69) is 27.0 Å². The Balaban J connectivity index is 1.78. The Kier molecular flexibility index (Phi) is 3.62. The maximum Gasteiger partial charge on any atom is 0.140 e. The van der Waals surface area contributed by atoms with Crippen LogP contribution < -0.4 is 9.64 Å². The first kappa shape index (κ1) is 14.4. The molecule has 1 saturated heterocycles. The second kappa shape index (κ2) is 5.78. The number of benzene rings is 2. The van der Waals surface area contributed by atoms with Gasteiger partial charge in [0.25, 0.3) is 0 Å². The minimum absolute atomic E-state index is 0.707. The number of halogens is 1. The summed E-state index contributed by atoms with van der Waals surface area (Å²) in [4.78, 5) is 10.4. The van der Waals surface area contributed by atoms with Gasteiger partial charge in [0, 0.05) is 30.4 Å². The Labute approximate surface area is 140 Å². The standard InChI is InChI=1S/C18H18ClN3O/c1-23-13-5-7-16-17(11-13)21-18(20-16)14-10-12(4-6-15(14)19)22-8-2-3-9-22/h4-7,10-11H,2-3,8-9H2,1H3,(H,20,21). The number of hydrogen-bond acceptors (Lipinski definition) is 3. The van der Waals surface area contributed by atoms with E-state index in [9.17, 15) is 0 Å². The van der Waals surface area contributed by atoms with Crippen molar-refractivity contribution in [1.29, 1.82) is 0 Å². The first-order valence-electron chi connectivity index (χ1n) is 7.83. The van der Waals surface area contributed by atoms with Crippen LogP contribution in [-0.4, -0.2) is 30.2 Å². The second-order valence-electron chi connectivity index (χ2n) is 5.83. The number of anilines is 1. The van der Waals surface area contributed by atoms with E-state index in [0.29, 0.717) is 5.02 Å². The lowest BCUT2D eigenvalue weighted by atomic mass is 10.1. The predicted molar refractivity (Wildman–Crippen MR) is 94.5 cm³/mol. The van der Waals surface area contributed by atoms with Crippen molar-refractivity contribution in [3.63, 3.8) is 0 Å². The van der Waals surface area contributed by atoms with Gasteiger partial charge in [-0.2, -0.15) is 0 Å². The van der Waals surface area contributed by atoms with Gasteiger partial charge in [0.05, 0.1) is 23.2 Å². The van der Waals surface area contributed by atoms with Crippen molar-refractivity contribution in [1.82, 2.24) is 9.97 Å². The number of methoxy groups -OCH3 is 1. The summed E-state index contributed by atoms with van der Waals surface area (Å²) in [5, 5.41) is 0.707. The zero-order valence-corrected chi connectivity index (χ0v) is 13.7. The fourth-order valence-electron chi connectivity index (χ4n) is 3.11. The van der Waals surface area contributed by atoms with Gasteiger partial charge in [0.1, 0.15) is 11.6 Å². The van der Waals surface area contributed by atoms with E-state index >= 15 is 0 Å². The summed E-state index contributed by atoms with van der Waals surface area (Å²) in [6, 6.07) is 12.0. The van der Waals surface area contributed by atoms with Crippen LogP contribution in [0.1, 0.15) is 12.8 Å². The van der Waals surface area contributed by atoms with Crippen molar-refractivity contribution in [2.45, 2.75) is 12.8 Å². The zero-order valence-electron chi connectivity index (χ0n) is 13.0. The number of hydrogen-bond donors (Lipinski definition) is 1. The molecule has 23 heavy (non-hydrogen) atoms. The molecule has 1 aromatic heterocycles. The van der Waals surface area contributed by atoms with Gasteiger partial charge in [0.15, 0.2) is 0 Å². The lowest BCUT2D eigenvalue weighted by Gasteiger charge is -2.18. The third-order valence-electron chi connectivity index (χ3n) is 4.37. The predicted octanol–water partition coefficient (Wildman–Crippen LogP) is 4.49. The van der Waals surface area contributed by atoms with E-state index in [1.807, 2.05) is 24.3 Å². The molecular formula is C18H18ClN3O. The van der Waals surface area contributed by atoms with Crippen molar-refractivity contribution < 1.29 is 4.74 Å². The van der Waals surface area contributed by atoms with Crippen LogP contribution in [0.5, 0.6) is 5.75 Å². The number of aromatic nitrogens is 2. The molecule has 0 saturated carbocycles. The summed E-state index contributed by atoms with van der Waals surface area (Å²) in [5.41, 5.74) is 4.00. The smallest absolute Gasteiger partial charge is 0.140 e. The van der Waals surface area contributed by atoms with Crippen LogP contribution in [0.3, 0.4) is 0 Å². The first-order valence-corrected chi connectivity index (χ1v) is 8.21. The van der Waals surface area contributed by atoms with Crippen LogP contribution in [0.25, 0.3) is 22.4 Å². The molecule has 0 bridgehead atoms. The molecule has 1 aliphatic rings. The fourth-order valence-corrected chi connectivity index (χ4v) is 3.32. The Bertz CT molecular complexity index is 853. The number of imidazole rings is 1. The van der Waals surface area contributed by atoms with Gasteiger partial charge < -0.3 is 14.6 Å². The van der Waals surface area contributed by atoms with Crippen LogP contribution in [0.2, 0.25) is 5.02 Å². The Morgan fingerprint density at radius 1 is 1.13 bits per heavy atom. The van der Waals surface area contributed by atoms with Gasteiger partial charge in [0.2, 0.25) is 0 Å². The number of ether oxygens (including phenoxy) is 1. The van der Waals surface area contributed by atoms with E-state index in [-0.39, 0.29) is 0 Å². The quantitative estimate of drug-likeness (QED) is 0.770. The largest absolute Gasteiger partial charge is 0.497 e. The Morgan fingerprint density at radius 2 is 1.96 bits per heavy atom. The van der Waals surface area contributed by atoms with Gasteiger partial charge in [-0.3, -0.25) is 0 Å². The van der Waals surface area contributed by atoms with Crippen molar-refractivity contribution in [2.75, 3.05) is 25.1 Å². The monoisotopic (exact) mass is 327 g/mol. The third kappa shape index (κ3) is 2.63. The van der Waals surface area contributed by atoms with Gasteiger partial charge in [-0.15, -0.1) is 0 Å². The van der Waals surface area contributed by atoms with Crippen LogP contribution in [-0.2, 0) is 0 Å². The van der Waals surface area contributed by atoms with Gasteiger partial charge in [-0.25, -0.2) is 4.98 Å². The van der Waals surface area contributed by atoms with Gasteiger partial charge >= 0.3 is 0 Å². The minimum Gasteiger partial charge on any atom is -0.497 e. The molecule has 1 N–H and O–H groups in total. The molecule has 0 unspecified atom stereocenters. The zero-order chi connectivity index (χ0) is 15.8. The van der Waals surface area contributed by atoms with E-state index in [4.69, 9.17) is 16.3 Å². The van der Waals surface area contributed by atoms with Crippen LogP contribution >= 0.6 is 11.6 Å². The van der Waals surface area contributed by atoms with E-state index < -0.39 is 0 Å². The van der Waals surface area contributed by atoms with Crippen molar-refractivity contribution in [3.05, 3.63) is 41.4 Å². The molecule has 1 aliphatic heterocycles. The molecule has 0 amide bonds. The molecule has 1 fully saturated rings. The summed E-state index contributed by atoms with van der Waals surface area (Å²) >= 11 is 6.42. The minimum atomic E-state index is 0.707. The second-order valence-corrected chi connectivity index (χ2v) is 6.23. The molecule has 3 aromatic rings. The third-order valence-corrected chi connectivity index (χ3v) is 4.69. The summed E-state index contributed by atoms with van der Waals surface area (Å²) < 4.78 is 5.27. The summed E-state index contributed by atoms with van der Waals surface area (Å²) in [7, 11) is 1.66. The lowest BCUT2D eigenvalue weighted by molar-refractivity contribution is 0.415. The lowest BCUT2D eigenvalue weighted by Crippen LogP contribution is -2.17. The molecule has 118 valence electrons. The average molecular weight is 328 g/mol. The number of H-pyrrole nitrogens is 1. The van der Waals surface area contributed by atoms with Gasteiger partial charge in [-0.05, 0) is 43.2 Å². The van der Waals surface area contributed by atoms with E-state index in [0.717, 1.165) is 41.3 Å². The molecule has 0 spiro atoms. The maximum absolute atomic E-state index is 6.42. The molecule has 2 heterocycles. The molecule has 0 atom stereocenters. The topological polar surface area (TPSA) is 41.1 Å². The highest BCUT2D eigenvalue weighted by Gasteiger charge is 2.16. The summed E-state index contributed by atoms with van der Waals surface area (Å²) in [6.45, 7) is 2.22. The van der Waals surface area contributed by atoms with E-state index in [1.54, 1.807) is 7.11 Å². The average Bonchev–Trinajstić information content (AvgIpc) is 3.24. The molecular weight excluding hydrogens is 310 g/mol. The number of aromatic amines is 1.